The monoisotopic (exact) mass is 294 g/mol. The molecule has 4 nitrogen and oxygen atoms in total. The van der Waals surface area contributed by atoms with E-state index >= 15 is 0 Å². The number of aryl methyl sites for hydroxylation is 2. The molecule has 0 aliphatic rings. The van der Waals surface area contributed by atoms with Crippen molar-refractivity contribution in [3.8, 4) is 0 Å². The third-order valence-corrected chi connectivity index (χ3v) is 3.03. The average molecular weight is 295 g/mol. The molecule has 0 amide bonds. The number of hydrogen-bond acceptors (Lipinski definition) is 3. The van der Waals surface area contributed by atoms with Gasteiger partial charge >= 0.3 is 0 Å². The molecular formula is C12H15BrN4. The summed E-state index contributed by atoms with van der Waals surface area (Å²) in [6, 6.07) is 7.89. The second-order valence-electron chi connectivity index (χ2n) is 4.04. The van der Waals surface area contributed by atoms with Gasteiger partial charge in [-0.15, -0.1) is 0 Å². The van der Waals surface area contributed by atoms with Crippen LogP contribution in [0.4, 0.5) is 11.5 Å². The summed E-state index contributed by atoms with van der Waals surface area (Å²) < 4.78 is 2.84. The lowest BCUT2D eigenvalue weighted by atomic mass is 10.2. The predicted octanol–water partition coefficient (Wildman–Crippen LogP) is 2.69. The fourth-order valence-corrected chi connectivity index (χ4v) is 2.18. The van der Waals surface area contributed by atoms with Crippen molar-refractivity contribution >= 4 is 27.4 Å². The molecule has 2 rings (SSSR count). The molecule has 0 unspecified atom stereocenters. The van der Waals surface area contributed by atoms with E-state index in [1.807, 2.05) is 42.9 Å². The molecule has 1 aromatic heterocycles. The van der Waals surface area contributed by atoms with Crippen molar-refractivity contribution in [2.24, 2.45) is 7.05 Å². The van der Waals surface area contributed by atoms with Crippen LogP contribution in [0.15, 0.2) is 28.7 Å². The minimum atomic E-state index is 0.708. The van der Waals surface area contributed by atoms with Crippen LogP contribution in [0.25, 0.3) is 0 Å². The van der Waals surface area contributed by atoms with E-state index in [2.05, 4.69) is 26.3 Å². The number of benzene rings is 1. The van der Waals surface area contributed by atoms with Crippen LogP contribution in [0.2, 0.25) is 0 Å². The van der Waals surface area contributed by atoms with Crippen LogP contribution in [-0.2, 0) is 13.6 Å². The second-order valence-corrected chi connectivity index (χ2v) is 4.96. The first kappa shape index (κ1) is 12.0. The van der Waals surface area contributed by atoms with Crippen molar-refractivity contribution in [3.63, 3.8) is 0 Å². The van der Waals surface area contributed by atoms with Crippen molar-refractivity contribution in [1.29, 1.82) is 0 Å². The molecule has 0 radical (unpaired) electrons. The van der Waals surface area contributed by atoms with Crippen LogP contribution in [-0.4, -0.2) is 9.78 Å². The molecule has 1 aromatic carbocycles. The number of nitrogens with two attached hydrogens (primary N) is 1. The molecule has 0 aliphatic heterocycles. The molecule has 3 N–H and O–H groups in total. The summed E-state index contributed by atoms with van der Waals surface area (Å²) in [7, 11) is 1.93. The molecule has 1 heterocycles. The second kappa shape index (κ2) is 4.79. The number of halogens is 1. The van der Waals surface area contributed by atoms with Gasteiger partial charge in [0.2, 0.25) is 0 Å². The van der Waals surface area contributed by atoms with E-state index in [1.165, 1.54) is 0 Å². The highest BCUT2D eigenvalue weighted by Crippen LogP contribution is 2.18. The van der Waals surface area contributed by atoms with Crippen LogP contribution < -0.4 is 11.1 Å². The maximum Gasteiger partial charge on any atom is 0.148 e. The van der Waals surface area contributed by atoms with E-state index in [9.17, 15) is 0 Å². The quantitative estimate of drug-likeness (QED) is 0.856. The van der Waals surface area contributed by atoms with Crippen LogP contribution in [0.1, 0.15) is 11.3 Å². The van der Waals surface area contributed by atoms with Gasteiger partial charge in [0, 0.05) is 35.5 Å². The third-order valence-electron chi connectivity index (χ3n) is 2.57. The van der Waals surface area contributed by atoms with E-state index in [0.29, 0.717) is 6.54 Å². The van der Waals surface area contributed by atoms with Crippen LogP contribution in [0.5, 0.6) is 0 Å². The summed E-state index contributed by atoms with van der Waals surface area (Å²) in [5, 5.41) is 7.60. The number of nitrogens with one attached hydrogen (secondary N) is 1. The zero-order valence-electron chi connectivity index (χ0n) is 9.87. The Morgan fingerprint density at radius 2 is 2.12 bits per heavy atom. The first-order chi connectivity index (χ1) is 8.04. The third kappa shape index (κ3) is 3.00. The standard InChI is InChI=1S/C12H15BrN4/c1-8-3-12(16-17(8)2)15-7-9-4-10(13)6-11(14)5-9/h3-6H,7,14H2,1-2H3,(H,15,16). The highest BCUT2D eigenvalue weighted by atomic mass is 79.9. The maximum atomic E-state index is 5.78. The van der Waals surface area contributed by atoms with E-state index < -0.39 is 0 Å². The highest BCUT2D eigenvalue weighted by Gasteiger charge is 2.01. The number of aromatic nitrogens is 2. The first-order valence-electron chi connectivity index (χ1n) is 5.34. The lowest BCUT2D eigenvalue weighted by Gasteiger charge is -2.05. The van der Waals surface area contributed by atoms with Gasteiger partial charge < -0.3 is 11.1 Å². The van der Waals surface area contributed by atoms with Crippen LogP contribution >= 0.6 is 15.9 Å². The topological polar surface area (TPSA) is 55.9 Å². The zero-order chi connectivity index (χ0) is 12.4. The smallest absolute Gasteiger partial charge is 0.148 e. The Labute approximate surface area is 109 Å². The molecule has 0 saturated carbocycles. The molecule has 0 spiro atoms. The average Bonchev–Trinajstić information content (AvgIpc) is 2.54. The minimum absolute atomic E-state index is 0.708. The Kier molecular flexibility index (Phi) is 3.38. The fourth-order valence-electron chi connectivity index (χ4n) is 1.62. The van der Waals surface area contributed by atoms with Crippen molar-refractivity contribution < 1.29 is 0 Å². The Hall–Kier alpha value is -1.49. The number of rotatable bonds is 3. The normalized spacial score (nSPS) is 10.5. The summed E-state index contributed by atoms with van der Waals surface area (Å²) >= 11 is 3.43. The molecule has 2 aromatic rings. The van der Waals surface area contributed by atoms with Crippen molar-refractivity contribution in [2.75, 3.05) is 11.1 Å². The SMILES string of the molecule is Cc1cc(NCc2cc(N)cc(Br)c2)nn1C. The zero-order valence-corrected chi connectivity index (χ0v) is 11.5. The molecular weight excluding hydrogens is 280 g/mol. The van der Waals surface area contributed by atoms with E-state index in [-0.39, 0.29) is 0 Å². The van der Waals surface area contributed by atoms with Crippen LogP contribution in [0, 0.1) is 6.92 Å². The van der Waals surface area contributed by atoms with Crippen molar-refractivity contribution in [2.45, 2.75) is 13.5 Å². The number of hydrogen-bond donors (Lipinski definition) is 2. The number of anilines is 2. The van der Waals surface area contributed by atoms with Gasteiger partial charge in [-0.3, -0.25) is 4.68 Å². The van der Waals surface area contributed by atoms with E-state index in [4.69, 9.17) is 5.73 Å². The van der Waals surface area contributed by atoms with Gasteiger partial charge in [-0.25, -0.2) is 0 Å². The van der Waals surface area contributed by atoms with Gasteiger partial charge in [0.05, 0.1) is 0 Å². The van der Waals surface area contributed by atoms with Gasteiger partial charge in [0.25, 0.3) is 0 Å². The lowest BCUT2D eigenvalue weighted by Crippen LogP contribution is -2.01. The predicted molar refractivity (Wildman–Crippen MR) is 73.8 cm³/mol. The van der Waals surface area contributed by atoms with Gasteiger partial charge in [-0.1, -0.05) is 15.9 Å². The summed E-state index contributed by atoms with van der Waals surface area (Å²) in [5.41, 5.74) is 8.79. The number of nitrogen functional groups attached to an aromatic ring is 1. The lowest BCUT2D eigenvalue weighted by molar-refractivity contribution is 0.741. The molecule has 0 bridgehead atoms. The summed E-state index contributed by atoms with van der Waals surface area (Å²) in [6.45, 7) is 2.73. The summed E-state index contributed by atoms with van der Waals surface area (Å²) in [6.07, 6.45) is 0. The van der Waals surface area contributed by atoms with E-state index in [0.717, 1.165) is 27.2 Å². The highest BCUT2D eigenvalue weighted by molar-refractivity contribution is 9.10. The van der Waals surface area contributed by atoms with Gasteiger partial charge in [-0.05, 0) is 30.7 Å². The first-order valence-corrected chi connectivity index (χ1v) is 6.13. The maximum absolute atomic E-state index is 5.78. The fraction of sp³-hybridized carbons (Fsp3) is 0.250. The minimum Gasteiger partial charge on any atom is -0.399 e. The Morgan fingerprint density at radius 3 is 2.71 bits per heavy atom. The molecule has 90 valence electrons. The Balaban J connectivity index is 2.07. The molecule has 0 atom stereocenters. The molecule has 0 fully saturated rings. The van der Waals surface area contributed by atoms with Gasteiger partial charge in [-0.2, -0.15) is 5.10 Å². The summed E-state index contributed by atoms with van der Waals surface area (Å²) in [4.78, 5) is 0. The van der Waals surface area contributed by atoms with E-state index in [1.54, 1.807) is 0 Å². The molecule has 0 saturated heterocycles. The Morgan fingerprint density at radius 1 is 1.35 bits per heavy atom. The van der Waals surface area contributed by atoms with Crippen molar-refractivity contribution in [1.82, 2.24) is 9.78 Å². The van der Waals surface area contributed by atoms with Gasteiger partial charge in [0.15, 0.2) is 0 Å². The van der Waals surface area contributed by atoms with Gasteiger partial charge in [0.1, 0.15) is 5.82 Å². The largest absolute Gasteiger partial charge is 0.399 e. The Bertz CT molecular complexity index is 494. The molecule has 5 heteroatoms. The molecule has 17 heavy (non-hydrogen) atoms. The summed E-state index contributed by atoms with van der Waals surface area (Å²) in [5.74, 6) is 0.878. The van der Waals surface area contributed by atoms with Crippen molar-refractivity contribution in [3.05, 3.63) is 40.0 Å². The number of nitrogens with zero attached hydrogens (tertiary/aromatic N) is 2. The molecule has 0 aliphatic carbocycles. The van der Waals surface area contributed by atoms with Crippen LogP contribution in [0.3, 0.4) is 0 Å².